The number of carboxylic acids is 1. The zero-order valence-corrected chi connectivity index (χ0v) is 17.8. The second-order valence-corrected chi connectivity index (χ2v) is 10.3. The molecule has 2 aromatic rings. The van der Waals surface area contributed by atoms with Crippen LogP contribution in [0.3, 0.4) is 0 Å². The molecule has 1 N–H and O–H groups in total. The van der Waals surface area contributed by atoms with Gasteiger partial charge in [0.2, 0.25) is 0 Å². The van der Waals surface area contributed by atoms with Gasteiger partial charge in [0.1, 0.15) is 5.76 Å². The molecule has 0 aliphatic carbocycles. The molecule has 5 nitrogen and oxygen atoms in total. The number of alkyl halides is 3. The summed E-state index contributed by atoms with van der Waals surface area (Å²) in [5, 5.41) is 8.92. The van der Waals surface area contributed by atoms with Crippen molar-refractivity contribution in [2.24, 2.45) is 0 Å². The van der Waals surface area contributed by atoms with Crippen LogP contribution in [-0.4, -0.2) is 29.7 Å². The predicted octanol–water partition coefficient (Wildman–Crippen LogP) is 4.88. The van der Waals surface area contributed by atoms with Crippen LogP contribution in [0.2, 0.25) is 0 Å². The monoisotopic (exact) mass is 468 g/mol. The third kappa shape index (κ3) is 5.24. The van der Waals surface area contributed by atoms with Gasteiger partial charge in [-0.05, 0) is 62.4 Å². The number of thioether (sulfide) groups is 1. The van der Waals surface area contributed by atoms with Crippen LogP contribution < -0.4 is 0 Å². The van der Waals surface area contributed by atoms with Gasteiger partial charge in [-0.25, -0.2) is 4.79 Å². The van der Waals surface area contributed by atoms with Crippen molar-refractivity contribution in [3.63, 3.8) is 0 Å². The Morgan fingerprint density at radius 2 is 1.65 bits per heavy atom. The number of hydrogen-bond donors (Lipinski definition) is 1. The van der Waals surface area contributed by atoms with Gasteiger partial charge >= 0.3 is 21.6 Å². The Kier molecular flexibility index (Phi) is 5.86. The molecule has 2 aromatic carbocycles. The lowest BCUT2D eigenvalue weighted by Gasteiger charge is -2.28. The molecule has 0 amide bonds. The van der Waals surface area contributed by atoms with E-state index in [1.807, 2.05) is 0 Å². The molecule has 0 spiro atoms. The van der Waals surface area contributed by atoms with Crippen molar-refractivity contribution in [1.82, 2.24) is 0 Å². The molecule has 1 heterocycles. The molecular weight excluding hydrogens is 453 g/mol. The van der Waals surface area contributed by atoms with Gasteiger partial charge in [-0.2, -0.15) is 21.6 Å². The van der Waals surface area contributed by atoms with E-state index in [0.29, 0.717) is 16.0 Å². The summed E-state index contributed by atoms with van der Waals surface area (Å²) in [6, 6.07) is 10.6. The van der Waals surface area contributed by atoms with Crippen LogP contribution in [-0.2, 0) is 14.3 Å². The Balaban J connectivity index is 1.97. The van der Waals surface area contributed by atoms with Gasteiger partial charge in [0, 0.05) is 26.3 Å². The molecule has 31 heavy (non-hydrogen) atoms. The number of fused-ring (bicyclic) bond motifs is 1. The fraction of sp³-hybridized carbons (Fsp3) is 0.190. The van der Waals surface area contributed by atoms with Crippen molar-refractivity contribution < 1.29 is 35.7 Å². The number of rotatable bonds is 3. The highest BCUT2D eigenvalue weighted by atomic mass is 32.2. The topological polar surface area (TPSA) is 80.7 Å². The van der Waals surface area contributed by atoms with Crippen molar-refractivity contribution in [2.45, 2.75) is 29.0 Å². The first-order valence-corrected chi connectivity index (χ1v) is 10.9. The minimum absolute atomic E-state index is 0.108. The lowest BCUT2D eigenvalue weighted by molar-refractivity contribution is -0.0509. The van der Waals surface area contributed by atoms with Gasteiger partial charge in [-0.1, -0.05) is 11.8 Å². The van der Waals surface area contributed by atoms with Gasteiger partial charge in [0.05, 0.1) is 5.56 Å². The molecule has 10 heteroatoms. The standard InChI is InChI=1S/C21H15F3O5S2/c1-20(2)12-17(29-31(27,28)21(22,23)24)16-11-14(7-10-18(16)30-20)4-3-13-5-8-15(9-6-13)19(25)26/h5-12H,1-2H3,(H,25,26). The SMILES string of the molecule is CC1(C)C=C(OS(=O)(=O)C(F)(F)F)c2cc(C#Cc3ccc(C(=O)O)cc3)ccc2S1. The first kappa shape index (κ1) is 22.8. The minimum Gasteiger partial charge on any atom is -0.478 e. The van der Waals surface area contributed by atoms with E-state index in [9.17, 15) is 26.4 Å². The second-order valence-electron chi connectivity index (χ2n) is 7.04. The average molecular weight is 468 g/mol. The van der Waals surface area contributed by atoms with Crippen molar-refractivity contribution in [3.8, 4) is 11.8 Å². The Morgan fingerprint density at radius 3 is 2.23 bits per heavy atom. The van der Waals surface area contributed by atoms with Gasteiger partial charge in [-0.3, -0.25) is 0 Å². The van der Waals surface area contributed by atoms with E-state index in [-0.39, 0.29) is 11.1 Å². The smallest absolute Gasteiger partial charge is 0.478 e. The van der Waals surface area contributed by atoms with Crippen molar-refractivity contribution >= 4 is 33.6 Å². The number of benzene rings is 2. The second kappa shape index (κ2) is 7.98. The van der Waals surface area contributed by atoms with Gasteiger partial charge in [-0.15, -0.1) is 11.8 Å². The fourth-order valence-electron chi connectivity index (χ4n) is 2.67. The van der Waals surface area contributed by atoms with Gasteiger partial charge < -0.3 is 9.29 Å². The largest absolute Gasteiger partial charge is 0.534 e. The van der Waals surface area contributed by atoms with Crippen LogP contribution in [0.5, 0.6) is 0 Å². The molecule has 0 saturated heterocycles. The molecule has 0 radical (unpaired) electrons. The maximum Gasteiger partial charge on any atom is 0.534 e. The molecule has 0 saturated carbocycles. The third-order valence-corrected chi connectivity index (χ3v) is 6.25. The molecule has 0 fully saturated rings. The van der Waals surface area contributed by atoms with Crippen LogP contribution >= 0.6 is 11.8 Å². The Bertz CT molecular complexity index is 1230. The summed E-state index contributed by atoms with van der Waals surface area (Å²) in [5.74, 6) is 4.18. The maximum absolute atomic E-state index is 12.8. The highest BCUT2D eigenvalue weighted by Crippen LogP contribution is 2.45. The molecule has 0 aromatic heterocycles. The lowest BCUT2D eigenvalue weighted by Crippen LogP contribution is -2.26. The number of carboxylic acid groups (broad SMARTS) is 1. The molecule has 0 unspecified atom stereocenters. The highest BCUT2D eigenvalue weighted by Gasteiger charge is 2.49. The number of carbonyl (C=O) groups is 1. The van der Waals surface area contributed by atoms with Crippen molar-refractivity contribution in [3.05, 3.63) is 70.8 Å². The van der Waals surface area contributed by atoms with Crippen molar-refractivity contribution in [2.75, 3.05) is 0 Å². The summed E-state index contributed by atoms with van der Waals surface area (Å²) in [7, 11) is -5.83. The first-order chi connectivity index (χ1) is 14.3. The molecular formula is C21H15F3O5S2. The minimum atomic E-state index is -5.83. The third-order valence-electron chi connectivity index (χ3n) is 4.06. The van der Waals surface area contributed by atoms with E-state index in [2.05, 4.69) is 16.0 Å². The van der Waals surface area contributed by atoms with Crippen LogP contribution in [0.1, 0.15) is 40.9 Å². The molecule has 0 bridgehead atoms. The van der Waals surface area contributed by atoms with E-state index in [1.165, 1.54) is 48.2 Å². The highest BCUT2D eigenvalue weighted by molar-refractivity contribution is 8.01. The quantitative estimate of drug-likeness (QED) is 0.393. The van der Waals surface area contributed by atoms with Crippen LogP contribution in [0.25, 0.3) is 5.76 Å². The fourth-order valence-corrected chi connectivity index (χ4v) is 4.28. The van der Waals surface area contributed by atoms with E-state index < -0.39 is 32.1 Å². The Labute approximate surface area is 181 Å². The molecule has 1 aliphatic heterocycles. The summed E-state index contributed by atoms with van der Waals surface area (Å²) < 4.78 is 65.3. The van der Waals surface area contributed by atoms with Crippen molar-refractivity contribution in [1.29, 1.82) is 0 Å². The van der Waals surface area contributed by atoms with E-state index in [1.54, 1.807) is 26.0 Å². The lowest BCUT2D eigenvalue weighted by atomic mass is 10.0. The molecule has 1 aliphatic rings. The normalized spacial score (nSPS) is 15.2. The van der Waals surface area contributed by atoms with Crippen LogP contribution in [0, 0.1) is 11.8 Å². The molecule has 162 valence electrons. The zero-order chi connectivity index (χ0) is 23.0. The number of halogens is 3. The summed E-state index contributed by atoms with van der Waals surface area (Å²) in [5.41, 5.74) is -4.31. The number of hydrogen-bond acceptors (Lipinski definition) is 5. The van der Waals surface area contributed by atoms with Crippen LogP contribution in [0.15, 0.2) is 53.4 Å². The summed E-state index contributed by atoms with van der Waals surface area (Å²) in [6.07, 6.45) is 1.32. The first-order valence-electron chi connectivity index (χ1n) is 8.70. The summed E-state index contributed by atoms with van der Waals surface area (Å²) in [6.45, 7) is 3.44. The van der Waals surface area contributed by atoms with E-state index >= 15 is 0 Å². The van der Waals surface area contributed by atoms with Gasteiger partial charge in [0.15, 0.2) is 0 Å². The summed E-state index contributed by atoms with van der Waals surface area (Å²) in [4.78, 5) is 11.4. The molecule has 0 atom stereocenters. The maximum atomic E-state index is 12.8. The Morgan fingerprint density at radius 1 is 1.06 bits per heavy atom. The summed E-state index contributed by atoms with van der Waals surface area (Å²) >= 11 is 1.34. The van der Waals surface area contributed by atoms with E-state index in [0.717, 1.165) is 0 Å². The predicted molar refractivity (Wildman–Crippen MR) is 110 cm³/mol. The molecule has 3 rings (SSSR count). The van der Waals surface area contributed by atoms with Gasteiger partial charge in [0.25, 0.3) is 0 Å². The number of aromatic carboxylic acids is 1. The average Bonchev–Trinajstić information content (AvgIpc) is 2.65. The zero-order valence-electron chi connectivity index (χ0n) is 16.1. The Hall–Kier alpha value is -2.90. The van der Waals surface area contributed by atoms with Crippen LogP contribution in [0.4, 0.5) is 13.2 Å². The van der Waals surface area contributed by atoms with E-state index in [4.69, 9.17) is 5.11 Å².